The lowest BCUT2D eigenvalue weighted by Crippen LogP contribution is -2.11. The molecule has 5 heteroatoms. The molecule has 19 heavy (non-hydrogen) atoms. The van der Waals surface area contributed by atoms with E-state index in [9.17, 15) is 4.39 Å². The Bertz CT molecular complexity index is 675. The van der Waals surface area contributed by atoms with E-state index in [-0.39, 0.29) is 5.82 Å². The smallest absolute Gasteiger partial charge is 0.123 e. The first-order chi connectivity index (χ1) is 9.33. The van der Waals surface area contributed by atoms with Gasteiger partial charge in [0.05, 0.1) is 12.1 Å². The van der Waals surface area contributed by atoms with Crippen LogP contribution in [-0.2, 0) is 6.54 Å². The fourth-order valence-corrected chi connectivity index (χ4v) is 1.96. The second-order valence-corrected chi connectivity index (χ2v) is 4.23. The molecule has 0 radical (unpaired) electrons. The molecule has 0 spiro atoms. The average Bonchev–Trinajstić information content (AvgIpc) is 2.85. The van der Waals surface area contributed by atoms with Gasteiger partial charge in [-0.3, -0.25) is 0 Å². The molecular formula is C14H13FN4. The van der Waals surface area contributed by atoms with E-state index in [1.165, 1.54) is 12.1 Å². The van der Waals surface area contributed by atoms with Crippen LogP contribution in [0.15, 0.2) is 48.5 Å². The fraction of sp³-hybridized carbons (Fsp3) is 0.143. The summed E-state index contributed by atoms with van der Waals surface area (Å²) in [6.07, 6.45) is 0. The van der Waals surface area contributed by atoms with Gasteiger partial charge in [0.2, 0.25) is 0 Å². The summed E-state index contributed by atoms with van der Waals surface area (Å²) in [6.45, 7) is 1.41. The molecule has 0 amide bonds. The number of fused-ring (bicyclic) bond motifs is 1. The topological polar surface area (TPSA) is 42.7 Å². The maximum Gasteiger partial charge on any atom is 0.123 e. The molecule has 0 aliphatic rings. The highest BCUT2D eigenvalue weighted by molar-refractivity contribution is 5.73. The number of hydrogen-bond donors (Lipinski definition) is 1. The maximum atomic E-state index is 12.8. The zero-order chi connectivity index (χ0) is 13.1. The molecule has 0 unspecified atom stereocenters. The first kappa shape index (κ1) is 11.6. The van der Waals surface area contributed by atoms with Gasteiger partial charge < -0.3 is 5.32 Å². The molecule has 96 valence electrons. The van der Waals surface area contributed by atoms with E-state index in [0.29, 0.717) is 13.1 Å². The highest BCUT2D eigenvalue weighted by Gasteiger charge is 2.02. The number of nitrogens with zero attached hydrogens (tertiary/aromatic N) is 3. The van der Waals surface area contributed by atoms with Gasteiger partial charge in [-0.05, 0) is 36.4 Å². The number of para-hydroxylation sites is 1. The van der Waals surface area contributed by atoms with Gasteiger partial charge in [0, 0.05) is 12.2 Å². The van der Waals surface area contributed by atoms with Crippen LogP contribution < -0.4 is 5.32 Å². The van der Waals surface area contributed by atoms with Crippen molar-refractivity contribution in [1.82, 2.24) is 15.0 Å². The third-order valence-electron chi connectivity index (χ3n) is 2.92. The molecule has 1 aromatic heterocycles. The number of halogens is 1. The number of rotatable bonds is 4. The largest absolute Gasteiger partial charge is 0.383 e. The van der Waals surface area contributed by atoms with Crippen molar-refractivity contribution in [2.24, 2.45) is 0 Å². The average molecular weight is 256 g/mol. The lowest BCUT2D eigenvalue weighted by atomic mass is 10.3. The molecule has 0 fully saturated rings. The van der Waals surface area contributed by atoms with Crippen molar-refractivity contribution < 1.29 is 4.39 Å². The van der Waals surface area contributed by atoms with Gasteiger partial charge in [0.25, 0.3) is 0 Å². The summed E-state index contributed by atoms with van der Waals surface area (Å²) in [4.78, 5) is 0. The van der Waals surface area contributed by atoms with Crippen LogP contribution in [0.3, 0.4) is 0 Å². The monoisotopic (exact) mass is 256 g/mol. The second-order valence-electron chi connectivity index (χ2n) is 4.23. The molecule has 0 saturated carbocycles. The van der Waals surface area contributed by atoms with Gasteiger partial charge in [0.15, 0.2) is 0 Å². The molecular weight excluding hydrogens is 243 g/mol. The molecule has 0 aliphatic carbocycles. The quantitative estimate of drug-likeness (QED) is 0.780. The van der Waals surface area contributed by atoms with Crippen LogP contribution in [0.2, 0.25) is 0 Å². The Morgan fingerprint density at radius 3 is 2.68 bits per heavy atom. The molecule has 4 nitrogen and oxygen atoms in total. The molecule has 1 N–H and O–H groups in total. The summed E-state index contributed by atoms with van der Waals surface area (Å²) in [7, 11) is 0. The van der Waals surface area contributed by atoms with Crippen LogP contribution in [0.1, 0.15) is 0 Å². The number of hydrogen-bond acceptors (Lipinski definition) is 3. The summed E-state index contributed by atoms with van der Waals surface area (Å²) in [5, 5.41) is 11.4. The Morgan fingerprint density at radius 2 is 1.84 bits per heavy atom. The molecule has 0 atom stereocenters. The van der Waals surface area contributed by atoms with Gasteiger partial charge in [-0.25, -0.2) is 9.07 Å². The lowest BCUT2D eigenvalue weighted by molar-refractivity contribution is 0.624. The zero-order valence-corrected chi connectivity index (χ0v) is 10.3. The predicted molar refractivity (Wildman–Crippen MR) is 72.4 cm³/mol. The maximum absolute atomic E-state index is 12.8. The number of anilines is 1. The van der Waals surface area contributed by atoms with E-state index in [1.807, 2.05) is 28.9 Å². The first-order valence-electron chi connectivity index (χ1n) is 6.10. The van der Waals surface area contributed by atoms with Crippen LogP contribution in [0.25, 0.3) is 11.0 Å². The number of aromatic nitrogens is 3. The predicted octanol–water partition coefficient (Wildman–Crippen LogP) is 2.68. The normalized spacial score (nSPS) is 10.8. The second kappa shape index (κ2) is 5.06. The van der Waals surface area contributed by atoms with Crippen molar-refractivity contribution in [1.29, 1.82) is 0 Å². The summed E-state index contributed by atoms with van der Waals surface area (Å²) >= 11 is 0. The van der Waals surface area contributed by atoms with E-state index in [4.69, 9.17) is 0 Å². The third-order valence-corrected chi connectivity index (χ3v) is 2.92. The summed E-state index contributed by atoms with van der Waals surface area (Å²) < 4.78 is 14.6. The van der Waals surface area contributed by atoms with E-state index in [1.54, 1.807) is 12.1 Å². The highest BCUT2D eigenvalue weighted by Crippen LogP contribution is 2.10. The molecule has 0 bridgehead atoms. The lowest BCUT2D eigenvalue weighted by Gasteiger charge is -2.06. The van der Waals surface area contributed by atoms with E-state index < -0.39 is 0 Å². The number of nitrogens with one attached hydrogen (secondary N) is 1. The standard InChI is InChI=1S/C14H13FN4/c15-11-5-7-12(8-6-11)16-9-10-19-14-4-2-1-3-13(14)17-18-19/h1-8,16H,9-10H2. The van der Waals surface area contributed by atoms with Crippen molar-refractivity contribution in [2.75, 3.05) is 11.9 Å². The van der Waals surface area contributed by atoms with Crippen LogP contribution in [0.5, 0.6) is 0 Å². The molecule has 2 aromatic carbocycles. The molecule has 1 heterocycles. The van der Waals surface area contributed by atoms with Crippen LogP contribution in [-0.4, -0.2) is 21.5 Å². The molecule has 0 aliphatic heterocycles. The Balaban J connectivity index is 1.65. The van der Waals surface area contributed by atoms with Crippen molar-refractivity contribution >= 4 is 16.7 Å². The Hall–Kier alpha value is -2.43. The fourth-order valence-electron chi connectivity index (χ4n) is 1.96. The van der Waals surface area contributed by atoms with Gasteiger partial charge in [-0.15, -0.1) is 5.10 Å². The molecule has 0 saturated heterocycles. The van der Waals surface area contributed by atoms with Crippen LogP contribution in [0, 0.1) is 5.82 Å². The third kappa shape index (κ3) is 2.54. The van der Waals surface area contributed by atoms with Crippen LogP contribution in [0.4, 0.5) is 10.1 Å². The van der Waals surface area contributed by atoms with Gasteiger partial charge >= 0.3 is 0 Å². The number of benzene rings is 2. The minimum absolute atomic E-state index is 0.229. The van der Waals surface area contributed by atoms with Crippen molar-refractivity contribution in [3.05, 3.63) is 54.3 Å². The summed E-state index contributed by atoms with van der Waals surface area (Å²) in [5.74, 6) is -0.229. The zero-order valence-electron chi connectivity index (χ0n) is 10.3. The van der Waals surface area contributed by atoms with Crippen molar-refractivity contribution in [3.63, 3.8) is 0 Å². The van der Waals surface area contributed by atoms with Gasteiger partial charge in [0.1, 0.15) is 11.3 Å². The van der Waals surface area contributed by atoms with E-state index >= 15 is 0 Å². The van der Waals surface area contributed by atoms with Crippen LogP contribution >= 0.6 is 0 Å². The highest BCUT2D eigenvalue weighted by atomic mass is 19.1. The summed E-state index contributed by atoms with van der Waals surface area (Å²) in [5.41, 5.74) is 2.80. The Kier molecular flexibility index (Phi) is 3.10. The van der Waals surface area contributed by atoms with E-state index in [2.05, 4.69) is 15.6 Å². The molecule has 3 rings (SSSR count). The van der Waals surface area contributed by atoms with E-state index in [0.717, 1.165) is 16.7 Å². The Morgan fingerprint density at radius 1 is 1.05 bits per heavy atom. The van der Waals surface area contributed by atoms with Crippen molar-refractivity contribution in [2.45, 2.75) is 6.54 Å². The van der Waals surface area contributed by atoms with Crippen molar-refractivity contribution in [3.8, 4) is 0 Å². The Labute approximate surface area is 109 Å². The summed E-state index contributed by atoms with van der Waals surface area (Å²) in [6, 6.07) is 14.1. The van der Waals surface area contributed by atoms with Gasteiger partial charge in [-0.1, -0.05) is 17.3 Å². The minimum Gasteiger partial charge on any atom is -0.383 e. The van der Waals surface area contributed by atoms with Gasteiger partial charge in [-0.2, -0.15) is 0 Å². The minimum atomic E-state index is -0.229. The molecule has 3 aromatic rings. The first-order valence-corrected chi connectivity index (χ1v) is 6.10. The SMILES string of the molecule is Fc1ccc(NCCn2nnc3ccccc32)cc1.